The quantitative estimate of drug-likeness (QED) is 0.826. The number of hydrogen-bond acceptors (Lipinski definition) is 3. The Labute approximate surface area is 102 Å². The van der Waals surface area contributed by atoms with Crippen LogP contribution >= 0.6 is 12.4 Å². The van der Waals surface area contributed by atoms with E-state index >= 15 is 0 Å². The van der Waals surface area contributed by atoms with E-state index in [1.54, 1.807) is 6.92 Å². The third kappa shape index (κ3) is 4.64. The fourth-order valence-corrected chi connectivity index (χ4v) is 1.32. The topological polar surface area (TPSA) is 52.3 Å². The maximum atomic E-state index is 11.2. The number of carbonyl (C=O) groups is 1. The zero-order valence-electron chi connectivity index (χ0n) is 9.60. The van der Waals surface area contributed by atoms with Crippen molar-refractivity contribution in [1.29, 1.82) is 0 Å². The Kier molecular flexibility index (Phi) is 6.77. The molecular weight excluding hydrogens is 226 g/mol. The summed E-state index contributed by atoms with van der Waals surface area (Å²) >= 11 is 0. The summed E-state index contributed by atoms with van der Waals surface area (Å²) in [6.07, 6.45) is 0.326. The lowest BCUT2D eigenvalue weighted by Crippen LogP contribution is -2.08. The van der Waals surface area contributed by atoms with Crippen LogP contribution in [0.1, 0.15) is 31.0 Å². The molecule has 0 aliphatic heterocycles. The number of rotatable bonds is 4. The van der Waals surface area contributed by atoms with Gasteiger partial charge in [0.2, 0.25) is 0 Å². The van der Waals surface area contributed by atoms with Crippen molar-refractivity contribution >= 4 is 18.4 Å². The second-order valence-corrected chi connectivity index (χ2v) is 3.51. The first kappa shape index (κ1) is 14.9. The molecule has 0 saturated carbocycles. The van der Waals surface area contributed by atoms with Crippen LogP contribution in [0.5, 0.6) is 0 Å². The molecule has 1 aromatic carbocycles. The van der Waals surface area contributed by atoms with Crippen molar-refractivity contribution in [2.75, 3.05) is 6.61 Å². The van der Waals surface area contributed by atoms with Gasteiger partial charge in [-0.05, 0) is 25.0 Å². The largest absolute Gasteiger partial charge is 0.466 e. The van der Waals surface area contributed by atoms with Crippen LogP contribution in [0.25, 0.3) is 0 Å². The van der Waals surface area contributed by atoms with Gasteiger partial charge in [0.1, 0.15) is 0 Å². The molecule has 1 unspecified atom stereocenters. The molecule has 0 bridgehead atoms. The molecule has 0 radical (unpaired) electrons. The van der Waals surface area contributed by atoms with Crippen molar-refractivity contribution in [2.45, 2.75) is 26.3 Å². The zero-order valence-corrected chi connectivity index (χ0v) is 10.4. The highest BCUT2D eigenvalue weighted by atomic mass is 35.5. The van der Waals surface area contributed by atoms with Crippen LogP contribution in [-0.4, -0.2) is 12.6 Å². The van der Waals surface area contributed by atoms with E-state index in [0.29, 0.717) is 13.0 Å². The number of halogens is 1. The van der Waals surface area contributed by atoms with Crippen LogP contribution in [0, 0.1) is 0 Å². The summed E-state index contributed by atoms with van der Waals surface area (Å²) in [4.78, 5) is 11.2. The SMILES string of the molecule is CCOC(=O)Cc1ccc(C(C)N)cc1.Cl. The molecule has 0 aliphatic rings. The molecule has 1 rings (SSSR count). The zero-order chi connectivity index (χ0) is 11.3. The van der Waals surface area contributed by atoms with Crippen LogP contribution < -0.4 is 5.73 Å². The molecule has 0 heterocycles. The Bertz CT molecular complexity index is 322. The van der Waals surface area contributed by atoms with E-state index in [-0.39, 0.29) is 24.4 Å². The van der Waals surface area contributed by atoms with Crippen molar-refractivity contribution in [3.63, 3.8) is 0 Å². The van der Waals surface area contributed by atoms with Crippen LogP contribution in [-0.2, 0) is 16.0 Å². The van der Waals surface area contributed by atoms with Crippen LogP contribution in [0.3, 0.4) is 0 Å². The van der Waals surface area contributed by atoms with Gasteiger partial charge in [0.05, 0.1) is 13.0 Å². The van der Waals surface area contributed by atoms with Gasteiger partial charge in [0, 0.05) is 6.04 Å². The Morgan fingerprint density at radius 3 is 2.38 bits per heavy atom. The molecule has 0 spiro atoms. The lowest BCUT2D eigenvalue weighted by molar-refractivity contribution is -0.142. The molecule has 0 saturated heterocycles. The van der Waals surface area contributed by atoms with Crippen molar-refractivity contribution in [2.24, 2.45) is 5.73 Å². The van der Waals surface area contributed by atoms with Gasteiger partial charge >= 0.3 is 5.97 Å². The average molecular weight is 244 g/mol. The predicted octanol–water partition coefficient (Wildman–Crippen LogP) is 2.23. The van der Waals surface area contributed by atoms with Gasteiger partial charge in [-0.15, -0.1) is 12.4 Å². The minimum absolute atomic E-state index is 0. The number of esters is 1. The third-order valence-electron chi connectivity index (χ3n) is 2.16. The fraction of sp³-hybridized carbons (Fsp3) is 0.417. The minimum Gasteiger partial charge on any atom is -0.466 e. The summed E-state index contributed by atoms with van der Waals surface area (Å²) in [5.41, 5.74) is 7.75. The molecule has 0 fully saturated rings. The van der Waals surface area contributed by atoms with Crippen molar-refractivity contribution in [3.05, 3.63) is 35.4 Å². The van der Waals surface area contributed by atoms with Gasteiger partial charge in [0.25, 0.3) is 0 Å². The molecule has 0 amide bonds. The number of ether oxygens (including phenoxy) is 1. The van der Waals surface area contributed by atoms with E-state index in [1.807, 2.05) is 31.2 Å². The van der Waals surface area contributed by atoms with Crippen molar-refractivity contribution < 1.29 is 9.53 Å². The Hall–Kier alpha value is -1.06. The summed E-state index contributed by atoms with van der Waals surface area (Å²) in [7, 11) is 0. The number of benzene rings is 1. The Morgan fingerprint density at radius 2 is 1.94 bits per heavy atom. The first-order valence-corrected chi connectivity index (χ1v) is 5.13. The molecule has 2 N–H and O–H groups in total. The minimum atomic E-state index is -0.189. The van der Waals surface area contributed by atoms with E-state index in [0.717, 1.165) is 11.1 Å². The first-order chi connectivity index (χ1) is 7.13. The summed E-state index contributed by atoms with van der Waals surface area (Å²) < 4.78 is 4.86. The van der Waals surface area contributed by atoms with Gasteiger partial charge < -0.3 is 10.5 Å². The second kappa shape index (κ2) is 7.25. The summed E-state index contributed by atoms with van der Waals surface area (Å²) in [6, 6.07) is 7.74. The molecule has 0 aromatic heterocycles. The van der Waals surface area contributed by atoms with Gasteiger partial charge in [-0.2, -0.15) is 0 Å². The van der Waals surface area contributed by atoms with E-state index in [1.165, 1.54) is 0 Å². The van der Waals surface area contributed by atoms with E-state index in [4.69, 9.17) is 10.5 Å². The number of nitrogens with two attached hydrogens (primary N) is 1. The highest BCUT2D eigenvalue weighted by Crippen LogP contribution is 2.11. The molecule has 0 aliphatic carbocycles. The van der Waals surface area contributed by atoms with Crippen molar-refractivity contribution in [1.82, 2.24) is 0 Å². The molecule has 1 atom stereocenters. The molecule has 4 heteroatoms. The van der Waals surface area contributed by atoms with Crippen LogP contribution in [0.4, 0.5) is 0 Å². The van der Waals surface area contributed by atoms with E-state index in [2.05, 4.69) is 0 Å². The standard InChI is InChI=1S/C12H17NO2.ClH/c1-3-15-12(14)8-10-4-6-11(7-5-10)9(2)13;/h4-7,9H,3,8,13H2,1-2H3;1H. The molecule has 1 aromatic rings. The van der Waals surface area contributed by atoms with Crippen LogP contribution in [0.2, 0.25) is 0 Å². The molecule has 3 nitrogen and oxygen atoms in total. The molecule has 90 valence electrons. The summed E-state index contributed by atoms with van der Waals surface area (Å²) in [6.45, 7) is 4.16. The van der Waals surface area contributed by atoms with Crippen LogP contribution in [0.15, 0.2) is 24.3 Å². The van der Waals surface area contributed by atoms with E-state index in [9.17, 15) is 4.79 Å². The maximum Gasteiger partial charge on any atom is 0.310 e. The first-order valence-electron chi connectivity index (χ1n) is 5.13. The smallest absolute Gasteiger partial charge is 0.310 e. The summed E-state index contributed by atoms with van der Waals surface area (Å²) in [5, 5.41) is 0. The molecular formula is C12H18ClNO2. The third-order valence-corrected chi connectivity index (χ3v) is 2.16. The highest BCUT2D eigenvalue weighted by molar-refractivity contribution is 5.85. The lowest BCUT2D eigenvalue weighted by Gasteiger charge is -2.06. The lowest BCUT2D eigenvalue weighted by atomic mass is 10.1. The summed E-state index contributed by atoms with van der Waals surface area (Å²) in [5.74, 6) is -0.189. The van der Waals surface area contributed by atoms with E-state index < -0.39 is 0 Å². The van der Waals surface area contributed by atoms with Gasteiger partial charge in [-0.3, -0.25) is 4.79 Å². The monoisotopic (exact) mass is 243 g/mol. The second-order valence-electron chi connectivity index (χ2n) is 3.51. The Balaban J connectivity index is 0.00000225. The van der Waals surface area contributed by atoms with Gasteiger partial charge in [-0.1, -0.05) is 24.3 Å². The number of hydrogen-bond donors (Lipinski definition) is 1. The average Bonchev–Trinajstić information content (AvgIpc) is 2.18. The highest BCUT2D eigenvalue weighted by Gasteiger charge is 2.04. The van der Waals surface area contributed by atoms with Gasteiger partial charge in [-0.25, -0.2) is 0 Å². The normalized spacial score (nSPS) is 11.4. The molecule has 16 heavy (non-hydrogen) atoms. The predicted molar refractivity (Wildman–Crippen MR) is 66.6 cm³/mol. The number of carbonyl (C=O) groups excluding carboxylic acids is 1. The van der Waals surface area contributed by atoms with Crippen molar-refractivity contribution in [3.8, 4) is 0 Å². The fourth-order valence-electron chi connectivity index (χ4n) is 1.32. The Morgan fingerprint density at radius 1 is 1.38 bits per heavy atom. The van der Waals surface area contributed by atoms with Gasteiger partial charge in [0.15, 0.2) is 0 Å². The maximum absolute atomic E-state index is 11.2.